The van der Waals surface area contributed by atoms with Crippen molar-refractivity contribution < 1.29 is 9.26 Å². The molecule has 0 spiro atoms. The van der Waals surface area contributed by atoms with Gasteiger partial charge in [0.1, 0.15) is 5.82 Å². The quantitative estimate of drug-likeness (QED) is 0.810. The molecule has 6 heteroatoms. The Balaban J connectivity index is 1.42. The van der Waals surface area contributed by atoms with E-state index in [4.69, 9.17) is 9.26 Å². The van der Waals surface area contributed by atoms with Crippen molar-refractivity contribution in [2.45, 2.75) is 51.0 Å². The van der Waals surface area contributed by atoms with Crippen LogP contribution in [0, 0.1) is 0 Å². The molecule has 1 saturated heterocycles. The predicted octanol–water partition coefficient (Wildman–Crippen LogP) is 3.40. The summed E-state index contributed by atoms with van der Waals surface area (Å²) in [6, 6.07) is 4.06. The topological polar surface area (TPSA) is 64.3 Å². The van der Waals surface area contributed by atoms with Crippen LogP contribution in [0.4, 0.5) is 5.82 Å². The summed E-state index contributed by atoms with van der Waals surface area (Å²) in [5.74, 6) is 2.90. The van der Waals surface area contributed by atoms with E-state index in [1.165, 1.54) is 12.8 Å². The molecule has 2 aliphatic rings. The van der Waals surface area contributed by atoms with Gasteiger partial charge in [0, 0.05) is 31.8 Å². The van der Waals surface area contributed by atoms with Gasteiger partial charge in [0.2, 0.25) is 0 Å². The standard InChI is InChI=1S/C18H24N4O2/c1-2-10-23-15-4-3-9-22(12-15)16-8-7-14(11-19-16)18-20-17(21-24-18)13-5-6-13/h7-8,11,13,15H,2-6,9-10,12H2,1H3/t15-/m1/s1. The molecule has 4 rings (SSSR count). The molecule has 6 nitrogen and oxygen atoms in total. The number of hydrogen-bond donors (Lipinski definition) is 0. The van der Waals surface area contributed by atoms with Crippen LogP contribution in [-0.4, -0.2) is 40.9 Å². The van der Waals surface area contributed by atoms with Crippen LogP contribution in [0.15, 0.2) is 22.9 Å². The lowest BCUT2D eigenvalue weighted by atomic mass is 10.1. The van der Waals surface area contributed by atoms with E-state index < -0.39 is 0 Å². The molecule has 3 heterocycles. The first-order valence-electron chi connectivity index (χ1n) is 9.00. The normalized spacial score (nSPS) is 21.2. The van der Waals surface area contributed by atoms with Gasteiger partial charge < -0.3 is 14.2 Å². The Labute approximate surface area is 142 Å². The second kappa shape index (κ2) is 6.89. The monoisotopic (exact) mass is 328 g/mol. The molecule has 2 fully saturated rings. The van der Waals surface area contributed by atoms with Gasteiger partial charge in [-0.2, -0.15) is 4.98 Å². The zero-order valence-electron chi connectivity index (χ0n) is 14.1. The first-order valence-corrected chi connectivity index (χ1v) is 9.00. The highest BCUT2D eigenvalue weighted by atomic mass is 16.5. The van der Waals surface area contributed by atoms with Crippen LogP contribution >= 0.6 is 0 Å². The van der Waals surface area contributed by atoms with E-state index in [0.29, 0.717) is 17.9 Å². The fourth-order valence-electron chi connectivity index (χ4n) is 3.13. The number of pyridine rings is 1. The van der Waals surface area contributed by atoms with Gasteiger partial charge in [0.15, 0.2) is 5.82 Å². The van der Waals surface area contributed by atoms with Gasteiger partial charge >= 0.3 is 0 Å². The van der Waals surface area contributed by atoms with Crippen molar-refractivity contribution in [3.05, 3.63) is 24.2 Å². The first-order chi connectivity index (χ1) is 11.8. The number of hydrogen-bond acceptors (Lipinski definition) is 6. The predicted molar refractivity (Wildman–Crippen MR) is 91.0 cm³/mol. The van der Waals surface area contributed by atoms with Crippen molar-refractivity contribution in [1.82, 2.24) is 15.1 Å². The third-order valence-electron chi connectivity index (χ3n) is 4.64. The van der Waals surface area contributed by atoms with E-state index in [-0.39, 0.29) is 0 Å². The molecular formula is C18H24N4O2. The molecule has 2 aromatic rings. The van der Waals surface area contributed by atoms with Crippen LogP contribution in [0.3, 0.4) is 0 Å². The molecule has 1 atom stereocenters. The van der Waals surface area contributed by atoms with Crippen molar-refractivity contribution in [1.29, 1.82) is 0 Å². The van der Waals surface area contributed by atoms with Crippen molar-refractivity contribution in [2.75, 3.05) is 24.6 Å². The number of rotatable bonds is 6. The minimum absolute atomic E-state index is 0.317. The zero-order valence-corrected chi connectivity index (χ0v) is 14.1. The summed E-state index contributed by atoms with van der Waals surface area (Å²) >= 11 is 0. The number of anilines is 1. The number of ether oxygens (including phenoxy) is 1. The Hall–Kier alpha value is -1.95. The number of piperidine rings is 1. The fraction of sp³-hybridized carbons (Fsp3) is 0.611. The van der Waals surface area contributed by atoms with E-state index in [2.05, 4.69) is 26.9 Å². The molecule has 24 heavy (non-hydrogen) atoms. The average molecular weight is 328 g/mol. The molecule has 0 unspecified atom stereocenters. The molecule has 1 aliphatic heterocycles. The van der Waals surface area contributed by atoms with E-state index in [9.17, 15) is 0 Å². The van der Waals surface area contributed by atoms with Gasteiger partial charge in [0.05, 0.1) is 11.7 Å². The van der Waals surface area contributed by atoms with Gasteiger partial charge in [-0.25, -0.2) is 4.98 Å². The Kier molecular flexibility index (Phi) is 4.47. The van der Waals surface area contributed by atoms with Crippen molar-refractivity contribution in [2.24, 2.45) is 0 Å². The van der Waals surface area contributed by atoms with Crippen molar-refractivity contribution >= 4 is 5.82 Å². The third-order valence-corrected chi connectivity index (χ3v) is 4.64. The third kappa shape index (κ3) is 3.43. The summed E-state index contributed by atoms with van der Waals surface area (Å²) in [5.41, 5.74) is 0.883. The van der Waals surface area contributed by atoms with Gasteiger partial charge in [-0.05, 0) is 44.2 Å². The second-order valence-corrected chi connectivity index (χ2v) is 6.72. The van der Waals surface area contributed by atoms with Crippen LogP contribution in [0.1, 0.15) is 50.8 Å². The maximum atomic E-state index is 5.91. The van der Waals surface area contributed by atoms with E-state index in [0.717, 1.165) is 56.2 Å². The lowest BCUT2D eigenvalue weighted by Gasteiger charge is -2.33. The maximum Gasteiger partial charge on any atom is 0.259 e. The van der Waals surface area contributed by atoms with Gasteiger partial charge in [-0.3, -0.25) is 0 Å². The van der Waals surface area contributed by atoms with E-state index in [1.54, 1.807) is 0 Å². The molecular weight excluding hydrogens is 304 g/mol. The summed E-state index contributed by atoms with van der Waals surface area (Å²) in [5, 5.41) is 4.06. The minimum atomic E-state index is 0.317. The van der Waals surface area contributed by atoms with Crippen molar-refractivity contribution in [3.63, 3.8) is 0 Å². The van der Waals surface area contributed by atoms with Gasteiger partial charge in [-0.15, -0.1) is 0 Å². The van der Waals surface area contributed by atoms with E-state index in [1.807, 2.05) is 18.3 Å². The largest absolute Gasteiger partial charge is 0.376 e. The van der Waals surface area contributed by atoms with Crippen molar-refractivity contribution in [3.8, 4) is 11.5 Å². The minimum Gasteiger partial charge on any atom is -0.376 e. The molecule has 0 N–H and O–H groups in total. The van der Waals surface area contributed by atoms with Gasteiger partial charge in [0.25, 0.3) is 5.89 Å². The number of nitrogens with zero attached hydrogens (tertiary/aromatic N) is 4. The highest BCUT2D eigenvalue weighted by Gasteiger charge is 2.29. The Morgan fingerprint density at radius 2 is 2.21 bits per heavy atom. The van der Waals surface area contributed by atoms with Crippen LogP contribution in [-0.2, 0) is 4.74 Å². The lowest BCUT2D eigenvalue weighted by molar-refractivity contribution is 0.0439. The maximum absolute atomic E-state index is 5.91. The second-order valence-electron chi connectivity index (χ2n) is 6.72. The van der Waals surface area contributed by atoms with Crippen LogP contribution in [0.2, 0.25) is 0 Å². The Morgan fingerprint density at radius 3 is 2.96 bits per heavy atom. The SMILES string of the molecule is CCCO[C@@H]1CCCN(c2ccc(-c3nc(C4CC4)no3)cn2)C1. The summed E-state index contributed by atoms with van der Waals surface area (Å²) < 4.78 is 11.3. The van der Waals surface area contributed by atoms with Crippen LogP contribution in [0.25, 0.3) is 11.5 Å². The van der Waals surface area contributed by atoms with Crippen LogP contribution in [0.5, 0.6) is 0 Å². The molecule has 0 aromatic carbocycles. The Morgan fingerprint density at radius 1 is 1.29 bits per heavy atom. The van der Waals surface area contributed by atoms with Gasteiger partial charge in [-0.1, -0.05) is 12.1 Å². The highest BCUT2D eigenvalue weighted by molar-refractivity contribution is 5.55. The number of aromatic nitrogens is 3. The molecule has 1 saturated carbocycles. The highest BCUT2D eigenvalue weighted by Crippen LogP contribution is 2.38. The summed E-state index contributed by atoms with van der Waals surface area (Å²) in [6.07, 6.45) is 7.84. The van der Waals surface area contributed by atoms with Crippen LogP contribution < -0.4 is 4.90 Å². The molecule has 128 valence electrons. The molecule has 0 radical (unpaired) electrons. The fourth-order valence-corrected chi connectivity index (χ4v) is 3.13. The average Bonchev–Trinajstić information content (AvgIpc) is 3.37. The molecule has 0 amide bonds. The smallest absolute Gasteiger partial charge is 0.259 e. The van der Waals surface area contributed by atoms with E-state index >= 15 is 0 Å². The molecule has 1 aliphatic carbocycles. The summed E-state index contributed by atoms with van der Waals surface area (Å²) in [4.78, 5) is 11.4. The molecule has 0 bridgehead atoms. The summed E-state index contributed by atoms with van der Waals surface area (Å²) in [7, 11) is 0. The summed E-state index contributed by atoms with van der Waals surface area (Å²) in [6.45, 7) is 4.93. The molecule has 2 aromatic heterocycles. The Bertz CT molecular complexity index is 666. The zero-order chi connectivity index (χ0) is 16.4. The first kappa shape index (κ1) is 15.6. The lowest BCUT2D eigenvalue weighted by Crippen LogP contribution is -2.40.